The van der Waals surface area contributed by atoms with Crippen molar-refractivity contribution in [2.24, 2.45) is 7.05 Å². The minimum atomic E-state index is -0.254. The van der Waals surface area contributed by atoms with Crippen LogP contribution in [0.4, 0.5) is 10.5 Å². The van der Waals surface area contributed by atoms with Crippen LogP contribution in [0.1, 0.15) is 34.6 Å². The van der Waals surface area contributed by atoms with Crippen LogP contribution in [0, 0.1) is 0 Å². The third kappa shape index (κ3) is 3.67. The minimum Gasteiger partial charge on any atom is -0.497 e. The number of aryl methyl sites for hydroxylation is 1. The lowest BCUT2D eigenvalue weighted by Crippen LogP contribution is -2.40. The predicted octanol–water partition coefficient (Wildman–Crippen LogP) is 2.26. The Morgan fingerprint density at radius 2 is 1.83 bits per heavy atom. The monoisotopic (exact) mass is 413 g/mol. The van der Waals surface area contributed by atoms with Crippen LogP contribution in [0.5, 0.6) is 11.5 Å². The van der Waals surface area contributed by atoms with Gasteiger partial charge in [-0.2, -0.15) is 5.10 Å². The molecule has 9 nitrogen and oxygen atoms in total. The molecule has 4 rings (SSSR count). The maximum atomic E-state index is 13.0. The predicted molar refractivity (Wildman–Crippen MR) is 111 cm³/mol. The van der Waals surface area contributed by atoms with Gasteiger partial charge in [-0.3, -0.25) is 9.48 Å². The zero-order valence-electron chi connectivity index (χ0n) is 17.6. The van der Waals surface area contributed by atoms with E-state index in [0.29, 0.717) is 42.4 Å². The number of carbonyl (C=O) groups is 2. The Balaban J connectivity index is 1.54. The van der Waals surface area contributed by atoms with Crippen LogP contribution in [0.3, 0.4) is 0 Å². The van der Waals surface area contributed by atoms with Crippen molar-refractivity contribution in [1.29, 1.82) is 0 Å². The zero-order chi connectivity index (χ0) is 21.3. The van der Waals surface area contributed by atoms with Crippen molar-refractivity contribution in [3.05, 3.63) is 35.2 Å². The van der Waals surface area contributed by atoms with Gasteiger partial charge in [0.2, 0.25) is 0 Å². The van der Waals surface area contributed by atoms with E-state index >= 15 is 0 Å². The van der Waals surface area contributed by atoms with Gasteiger partial charge in [-0.15, -0.1) is 0 Å². The van der Waals surface area contributed by atoms with E-state index in [0.717, 1.165) is 37.2 Å². The molecule has 160 valence electrons. The Morgan fingerprint density at radius 1 is 1.07 bits per heavy atom. The van der Waals surface area contributed by atoms with Crippen LogP contribution in [-0.4, -0.2) is 65.4 Å². The molecule has 0 radical (unpaired) electrons. The average molecular weight is 413 g/mol. The highest BCUT2D eigenvalue weighted by Crippen LogP contribution is 2.30. The van der Waals surface area contributed by atoms with E-state index in [1.54, 1.807) is 42.0 Å². The maximum Gasteiger partial charge on any atom is 0.322 e. The number of nitrogens with one attached hydrogen (secondary N) is 1. The lowest BCUT2D eigenvalue weighted by Gasteiger charge is -2.28. The highest BCUT2D eigenvalue weighted by Gasteiger charge is 2.32. The number of benzene rings is 1. The van der Waals surface area contributed by atoms with Crippen LogP contribution >= 0.6 is 0 Å². The van der Waals surface area contributed by atoms with E-state index in [9.17, 15) is 9.59 Å². The summed E-state index contributed by atoms with van der Waals surface area (Å²) in [5.41, 5.74) is 2.85. The molecule has 2 aromatic rings. The van der Waals surface area contributed by atoms with E-state index in [2.05, 4.69) is 10.4 Å². The van der Waals surface area contributed by atoms with Crippen LogP contribution in [0.15, 0.2) is 18.2 Å². The van der Waals surface area contributed by atoms with Gasteiger partial charge in [0.05, 0.1) is 26.5 Å². The molecule has 2 aliphatic heterocycles. The summed E-state index contributed by atoms with van der Waals surface area (Å²) in [6, 6.07) is 4.98. The van der Waals surface area contributed by atoms with Gasteiger partial charge in [-0.1, -0.05) is 0 Å². The first-order chi connectivity index (χ1) is 14.5. The molecule has 2 aliphatic rings. The third-order valence-corrected chi connectivity index (χ3v) is 5.77. The Hall–Kier alpha value is -3.23. The molecule has 3 amide bonds. The van der Waals surface area contributed by atoms with Gasteiger partial charge < -0.3 is 24.6 Å². The molecule has 9 heteroatoms. The number of hydrogen-bond acceptors (Lipinski definition) is 5. The lowest BCUT2D eigenvalue weighted by molar-refractivity contribution is 0.0784. The maximum absolute atomic E-state index is 13.0. The summed E-state index contributed by atoms with van der Waals surface area (Å²) in [7, 11) is 4.98. The summed E-state index contributed by atoms with van der Waals surface area (Å²) in [5, 5.41) is 7.40. The van der Waals surface area contributed by atoms with Crippen molar-refractivity contribution < 1.29 is 19.1 Å². The number of hydrogen-bond donors (Lipinski definition) is 1. The molecule has 30 heavy (non-hydrogen) atoms. The van der Waals surface area contributed by atoms with Crippen LogP contribution in [-0.2, 0) is 20.0 Å². The fourth-order valence-electron chi connectivity index (χ4n) is 4.11. The first kappa shape index (κ1) is 20.1. The van der Waals surface area contributed by atoms with Crippen molar-refractivity contribution in [1.82, 2.24) is 19.6 Å². The number of urea groups is 1. The summed E-state index contributed by atoms with van der Waals surface area (Å²) < 4.78 is 12.4. The van der Waals surface area contributed by atoms with Gasteiger partial charge in [-0.25, -0.2) is 4.79 Å². The van der Waals surface area contributed by atoms with E-state index in [1.165, 1.54) is 0 Å². The molecule has 0 saturated carbocycles. The number of fused-ring (bicyclic) bond motifs is 1. The van der Waals surface area contributed by atoms with Gasteiger partial charge in [0, 0.05) is 50.4 Å². The third-order valence-electron chi connectivity index (χ3n) is 5.77. The second-order valence-corrected chi connectivity index (χ2v) is 7.56. The number of likely N-dealkylation sites (tertiary alicyclic amines) is 1. The topological polar surface area (TPSA) is 88.9 Å². The van der Waals surface area contributed by atoms with Crippen molar-refractivity contribution in [3.8, 4) is 11.5 Å². The van der Waals surface area contributed by atoms with Crippen molar-refractivity contribution in [2.75, 3.05) is 39.2 Å². The Kier molecular flexibility index (Phi) is 5.52. The number of ether oxygens (including phenoxy) is 2. The van der Waals surface area contributed by atoms with E-state index < -0.39 is 0 Å². The largest absolute Gasteiger partial charge is 0.497 e. The zero-order valence-corrected chi connectivity index (χ0v) is 17.6. The van der Waals surface area contributed by atoms with Gasteiger partial charge in [0.1, 0.15) is 11.5 Å². The normalized spacial score (nSPS) is 15.7. The standard InChI is InChI=1S/C21H27N5O4/c1-24-17-8-11-26(13-15(17)19(23-24)20(27)25-9-4-5-10-25)21(28)22-16-12-14(29-2)6-7-18(16)30-3/h6-7,12H,4-5,8-11,13H2,1-3H3,(H,22,28). The number of nitrogens with zero attached hydrogens (tertiary/aromatic N) is 4. The van der Waals surface area contributed by atoms with Gasteiger partial charge >= 0.3 is 6.03 Å². The highest BCUT2D eigenvalue weighted by molar-refractivity contribution is 5.95. The number of methoxy groups -OCH3 is 2. The molecule has 1 fully saturated rings. The van der Waals surface area contributed by atoms with Crippen molar-refractivity contribution in [3.63, 3.8) is 0 Å². The lowest BCUT2D eigenvalue weighted by atomic mass is 10.0. The van der Waals surface area contributed by atoms with Gasteiger partial charge in [0.25, 0.3) is 5.91 Å². The van der Waals surface area contributed by atoms with Crippen molar-refractivity contribution in [2.45, 2.75) is 25.8 Å². The fourth-order valence-corrected chi connectivity index (χ4v) is 4.11. The van der Waals surface area contributed by atoms with E-state index in [-0.39, 0.29) is 11.9 Å². The summed E-state index contributed by atoms with van der Waals surface area (Å²) in [5.74, 6) is 1.13. The number of aromatic nitrogens is 2. The highest BCUT2D eigenvalue weighted by atomic mass is 16.5. The first-order valence-electron chi connectivity index (χ1n) is 10.1. The number of rotatable bonds is 4. The molecular weight excluding hydrogens is 386 g/mol. The van der Waals surface area contributed by atoms with E-state index in [4.69, 9.17) is 9.47 Å². The number of amides is 3. The summed E-state index contributed by atoms with van der Waals surface area (Å²) >= 11 is 0. The molecule has 0 spiro atoms. The molecule has 0 aliphatic carbocycles. The first-order valence-corrected chi connectivity index (χ1v) is 10.1. The molecule has 1 aromatic carbocycles. The molecule has 0 unspecified atom stereocenters. The second kappa shape index (κ2) is 8.25. The minimum absolute atomic E-state index is 0.0407. The van der Waals surface area contributed by atoms with Crippen molar-refractivity contribution >= 4 is 17.6 Å². The Morgan fingerprint density at radius 3 is 2.53 bits per heavy atom. The molecule has 3 heterocycles. The number of carbonyl (C=O) groups excluding carboxylic acids is 2. The van der Waals surface area contributed by atoms with Gasteiger partial charge in [-0.05, 0) is 25.0 Å². The molecular formula is C21H27N5O4. The summed E-state index contributed by atoms with van der Waals surface area (Å²) in [6.07, 6.45) is 2.70. The fraction of sp³-hybridized carbons (Fsp3) is 0.476. The summed E-state index contributed by atoms with van der Waals surface area (Å²) in [4.78, 5) is 29.5. The Bertz CT molecular complexity index is 965. The summed E-state index contributed by atoms with van der Waals surface area (Å²) in [6.45, 7) is 2.42. The van der Waals surface area contributed by atoms with Crippen LogP contribution in [0.2, 0.25) is 0 Å². The molecule has 1 N–H and O–H groups in total. The second-order valence-electron chi connectivity index (χ2n) is 7.56. The van der Waals surface area contributed by atoms with Gasteiger partial charge in [0.15, 0.2) is 5.69 Å². The van der Waals surface area contributed by atoms with Crippen LogP contribution < -0.4 is 14.8 Å². The molecule has 0 bridgehead atoms. The molecule has 1 aromatic heterocycles. The smallest absolute Gasteiger partial charge is 0.322 e. The Labute approximate surface area is 175 Å². The number of anilines is 1. The molecule has 0 atom stereocenters. The van der Waals surface area contributed by atoms with Crippen LogP contribution in [0.25, 0.3) is 0 Å². The average Bonchev–Trinajstić information content (AvgIpc) is 3.41. The molecule has 1 saturated heterocycles. The van der Waals surface area contributed by atoms with E-state index in [1.807, 2.05) is 11.9 Å². The SMILES string of the molecule is COc1ccc(OC)c(NC(=O)N2CCc3c(c(C(=O)N4CCCC4)nn3C)C2)c1. The quantitative estimate of drug-likeness (QED) is 0.831.